The Morgan fingerprint density at radius 3 is 2.95 bits per heavy atom. The monoisotopic (exact) mass is 278 g/mol. The zero-order valence-corrected chi connectivity index (χ0v) is 11.2. The first-order chi connectivity index (χ1) is 9.22. The quantitative estimate of drug-likeness (QED) is 0.791. The number of carbonyl (C=O) groups is 1. The Labute approximate surface area is 115 Å². The lowest BCUT2D eigenvalue weighted by atomic mass is 10.1. The van der Waals surface area contributed by atoms with Crippen LogP contribution in [0.25, 0.3) is 0 Å². The van der Waals surface area contributed by atoms with Gasteiger partial charge in [0.1, 0.15) is 12.0 Å². The molecule has 2 N–H and O–H groups in total. The maximum absolute atomic E-state index is 11.4. The zero-order chi connectivity index (χ0) is 13.7. The van der Waals surface area contributed by atoms with Gasteiger partial charge in [-0.25, -0.2) is 4.79 Å². The Kier molecular flexibility index (Phi) is 4.46. The highest BCUT2D eigenvalue weighted by molar-refractivity contribution is 7.99. The standard InChI is InChI=1S/C13H14N2O3S/c1-2-19-11-5-3-4-10(12(11)13(16)17)14-8-9-6-7-18-15-9/h3-7,14H,2,8H2,1H3,(H,16,17). The van der Waals surface area contributed by atoms with Crippen LogP contribution in [0.5, 0.6) is 0 Å². The molecule has 2 rings (SSSR count). The summed E-state index contributed by atoms with van der Waals surface area (Å²) in [4.78, 5) is 12.2. The Morgan fingerprint density at radius 2 is 2.32 bits per heavy atom. The second-order valence-electron chi connectivity index (χ2n) is 3.76. The molecule has 0 fully saturated rings. The first-order valence-corrected chi connectivity index (χ1v) is 6.83. The van der Waals surface area contributed by atoms with E-state index in [2.05, 4.69) is 10.5 Å². The van der Waals surface area contributed by atoms with Gasteiger partial charge in [-0.1, -0.05) is 18.1 Å². The molecule has 1 heterocycles. The van der Waals surface area contributed by atoms with Gasteiger partial charge in [0.15, 0.2) is 0 Å². The van der Waals surface area contributed by atoms with E-state index in [1.54, 1.807) is 12.1 Å². The summed E-state index contributed by atoms with van der Waals surface area (Å²) in [6.07, 6.45) is 1.48. The van der Waals surface area contributed by atoms with E-state index in [0.717, 1.165) is 16.3 Å². The highest BCUT2D eigenvalue weighted by Gasteiger charge is 2.15. The predicted molar refractivity (Wildman–Crippen MR) is 73.6 cm³/mol. The SMILES string of the molecule is CCSc1cccc(NCc2ccon2)c1C(=O)O. The van der Waals surface area contributed by atoms with Crippen LogP contribution >= 0.6 is 11.8 Å². The highest BCUT2D eigenvalue weighted by atomic mass is 32.2. The van der Waals surface area contributed by atoms with Gasteiger partial charge in [0.25, 0.3) is 0 Å². The van der Waals surface area contributed by atoms with E-state index in [9.17, 15) is 9.90 Å². The van der Waals surface area contributed by atoms with Gasteiger partial charge in [-0.05, 0) is 17.9 Å². The van der Waals surface area contributed by atoms with Crippen LogP contribution in [0, 0.1) is 0 Å². The number of nitrogens with one attached hydrogen (secondary N) is 1. The summed E-state index contributed by atoms with van der Waals surface area (Å²) in [5.41, 5.74) is 1.62. The fraction of sp³-hybridized carbons (Fsp3) is 0.231. The molecule has 0 aliphatic carbocycles. The van der Waals surface area contributed by atoms with E-state index in [0.29, 0.717) is 17.8 Å². The number of anilines is 1. The summed E-state index contributed by atoms with van der Waals surface area (Å²) in [5.74, 6) is -0.105. The van der Waals surface area contributed by atoms with Crippen LogP contribution in [0.1, 0.15) is 23.0 Å². The number of hydrogen-bond donors (Lipinski definition) is 2. The second-order valence-corrected chi connectivity index (χ2v) is 5.07. The average Bonchev–Trinajstić information content (AvgIpc) is 2.89. The fourth-order valence-electron chi connectivity index (χ4n) is 1.69. The van der Waals surface area contributed by atoms with Gasteiger partial charge in [-0.3, -0.25) is 0 Å². The first kappa shape index (κ1) is 13.5. The summed E-state index contributed by atoms with van der Waals surface area (Å²) in [7, 11) is 0. The number of carboxylic acids is 1. The summed E-state index contributed by atoms with van der Waals surface area (Å²) in [5, 5.41) is 16.2. The van der Waals surface area contributed by atoms with E-state index in [1.165, 1.54) is 18.0 Å². The molecule has 0 amide bonds. The number of aromatic carboxylic acids is 1. The summed E-state index contributed by atoms with van der Waals surface area (Å²) < 4.78 is 4.73. The van der Waals surface area contributed by atoms with Crippen molar-refractivity contribution in [1.29, 1.82) is 0 Å². The van der Waals surface area contributed by atoms with Crippen molar-refractivity contribution in [1.82, 2.24) is 5.16 Å². The van der Waals surface area contributed by atoms with Gasteiger partial charge in [0.05, 0.1) is 17.8 Å². The van der Waals surface area contributed by atoms with E-state index in [-0.39, 0.29) is 0 Å². The Balaban J connectivity index is 2.23. The summed E-state index contributed by atoms with van der Waals surface area (Å²) in [6, 6.07) is 7.15. The normalized spacial score (nSPS) is 10.4. The van der Waals surface area contributed by atoms with Crippen molar-refractivity contribution in [2.75, 3.05) is 11.1 Å². The van der Waals surface area contributed by atoms with E-state index in [4.69, 9.17) is 4.52 Å². The Bertz CT molecular complexity index is 555. The lowest BCUT2D eigenvalue weighted by Crippen LogP contribution is -2.08. The average molecular weight is 278 g/mol. The minimum absolute atomic E-state index is 0.304. The molecule has 0 radical (unpaired) electrons. The number of hydrogen-bond acceptors (Lipinski definition) is 5. The lowest BCUT2D eigenvalue weighted by molar-refractivity contribution is 0.0694. The predicted octanol–water partition coefficient (Wildman–Crippen LogP) is 3.10. The third-order valence-corrected chi connectivity index (χ3v) is 3.43. The van der Waals surface area contributed by atoms with Crippen molar-refractivity contribution in [3.63, 3.8) is 0 Å². The number of thioether (sulfide) groups is 1. The van der Waals surface area contributed by atoms with E-state index >= 15 is 0 Å². The van der Waals surface area contributed by atoms with E-state index in [1.807, 2.05) is 19.1 Å². The Morgan fingerprint density at radius 1 is 1.47 bits per heavy atom. The fourth-order valence-corrected chi connectivity index (χ4v) is 2.52. The van der Waals surface area contributed by atoms with Crippen molar-refractivity contribution in [3.05, 3.63) is 41.8 Å². The van der Waals surface area contributed by atoms with Gasteiger partial charge in [0, 0.05) is 11.0 Å². The maximum atomic E-state index is 11.4. The van der Waals surface area contributed by atoms with Gasteiger partial charge in [-0.2, -0.15) is 0 Å². The van der Waals surface area contributed by atoms with Gasteiger partial charge in [0.2, 0.25) is 0 Å². The first-order valence-electron chi connectivity index (χ1n) is 5.84. The minimum Gasteiger partial charge on any atom is -0.478 e. The topological polar surface area (TPSA) is 75.4 Å². The molecule has 0 atom stereocenters. The molecule has 0 unspecified atom stereocenters. The van der Waals surface area contributed by atoms with Gasteiger partial charge >= 0.3 is 5.97 Å². The van der Waals surface area contributed by atoms with Crippen molar-refractivity contribution in [2.45, 2.75) is 18.4 Å². The molecular weight excluding hydrogens is 264 g/mol. The lowest BCUT2D eigenvalue weighted by Gasteiger charge is -2.11. The molecule has 5 nitrogen and oxygen atoms in total. The second kappa shape index (κ2) is 6.29. The minimum atomic E-state index is -0.931. The molecule has 0 aliphatic heterocycles. The van der Waals surface area contributed by atoms with Crippen LogP contribution in [-0.2, 0) is 6.54 Å². The summed E-state index contributed by atoms with van der Waals surface area (Å²) in [6.45, 7) is 2.42. The van der Waals surface area contributed by atoms with Crippen molar-refractivity contribution in [2.24, 2.45) is 0 Å². The number of benzene rings is 1. The smallest absolute Gasteiger partial charge is 0.338 e. The van der Waals surface area contributed by atoms with Crippen LogP contribution in [0.4, 0.5) is 5.69 Å². The third kappa shape index (κ3) is 3.29. The molecule has 0 saturated carbocycles. The molecular formula is C13H14N2O3S. The zero-order valence-electron chi connectivity index (χ0n) is 10.4. The van der Waals surface area contributed by atoms with Crippen LogP contribution in [0.3, 0.4) is 0 Å². The molecule has 0 aliphatic rings. The molecule has 6 heteroatoms. The van der Waals surface area contributed by atoms with Gasteiger partial charge in [-0.15, -0.1) is 11.8 Å². The number of aromatic nitrogens is 1. The highest BCUT2D eigenvalue weighted by Crippen LogP contribution is 2.28. The third-order valence-electron chi connectivity index (χ3n) is 2.49. The van der Waals surface area contributed by atoms with Crippen molar-refractivity contribution in [3.8, 4) is 0 Å². The molecule has 0 spiro atoms. The molecule has 2 aromatic rings. The van der Waals surface area contributed by atoms with Crippen LogP contribution in [0.15, 0.2) is 39.9 Å². The number of carboxylic acid groups (broad SMARTS) is 1. The van der Waals surface area contributed by atoms with Crippen LogP contribution in [0.2, 0.25) is 0 Å². The molecule has 1 aromatic heterocycles. The van der Waals surface area contributed by atoms with Crippen molar-refractivity contribution >= 4 is 23.4 Å². The molecule has 19 heavy (non-hydrogen) atoms. The Hall–Kier alpha value is -1.95. The number of rotatable bonds is 6. The van der Waals surface area contributed by atoms with Crippen molar-refractivity contribution < 1.29 is 14.4 Å². The van der Waals surface area contributed by atoms with Crippen LogP contribution < -0.4 is 5.32 Å². The molecule has 0 bridgehead atoms. The summed E-state index contributed by atoms with van der Waals surface area (Å²) >= 11 is 1.51. The van der Waals surface area contributed by atoms with Gasteiger partial charge < -0.3 is 14.9 Å². The maximum Gasteiger partial charge on any atom is 0.338 e. The molecule has 0 saturated heterocycles. The largest absolute Gasteiger partial charge is 0.478 e. The van der Waals surface area contributed by atoms with E-state index < -0.39 is 5.97 Å². The molecule has 100 valence electrons. The molecule has 1 aromatic carbocycles. The van der Waals surface area contributed by atoms with Crippen LogP contribution in [-0.4, -0.2) is 22.0 Å². The number of nitrogens with zero attached hydrogens (tertiary/aromatic N) is 1.